The summed E-state index contributed by atoms with van der Waals surface area (Å²) in [7, 11) is 0. The maximum Gasteiger partial charge on any atom is 0.169 e. The maximum atomic E-state index is 12.6. The van der Waals surface area contributed by atoms with E-state index < -0.39 is 0 Å². The number of aliphatic imine (C=N–C) groups is 1. The van der Waals surface area contributed by atoms with E-state index in [-0.39, 0.29) is 5.78 Å². The monoisotopic (exact) mass is 383 g/mol. The molecular weight excluding hydrogens is 370 g/mol. The normalized spacial score (nSPS) is 11.0. The van der Waals surface area contributed by atoms with Crippen molar-refractivity contribution in [2.45, 2.75) is 6.42 Å². The maximum absolute atomic E-state index is 12.6. The molecule has 0 aliphatic heterocycles. The molecule has 23 heavy (non-hydrogen) atoms. The van der Waals surface area contributed by atoms with E-state index in [9.17, 15) is 4.79 Å². The number of carbonyl (C=O) groups is 1. The highest BCUT2D eigenvalue weighted by atomic mass is 79.9. The van der Waals surface area contributed by atoms with Gasteiger partial charge in [0.25, 0.3) is 0 Å². The second-order valence-corrected chi connectivity index (χ2v) is 7.50. The molecule has 1 heterocycles. The van der Waals surface area contributed by atoms with Gasteiger partial charge in [-0.15, -0.1) is 11.3 Å². The van der Waals surface area contributed by atoms with Crippen LogP contribution in [-0.4, -0.2) is 12.0 Å². The van der Waals surface area contributed by atoms with E-state index in [2.05, 4.69) is 20.9 Å². The second-order valence-electron chi connectivity index (χ2n) is 5.00. The van der Waals surface area contributed by atoms with Gasteiger partial charge < -0.3 is 0 Å². The Hall–Kier alpha value is -2.04. The minimum absolute atomic E-state index is 0.0799. The lowest BCUT2D eigenvalue weighted by atomic mass is 10.0. The SMILES string of the molecule is O=C(Cc1ccccc1)c1ccccc1N=Cc1ccc(Br)s1. The standard InChI is InChI=1S/C19H14BrNOS/c20-19-11-10-15(23-19)13-21-17-9-5-4-8-16(17)18(22)12-14-6-2-1-3-7-14/h1-11,13H,12H2. The van der Waals surface area contributed by atoms with Gasteiger partial charge in [0.05, 0.1) is 9.47 Å². The van der Waals surface area contributed by atoms with Crippen molar-refractivity contribution in [3.63, 3.8) is 0 Å². The van der Waals surface area contributed by atoms with Crippen LogP contribution in [0.1, 0.15) is 20.8 Å². The Kier molecular flexibility index (Phi) is 5.16. The molecule has 0 aliphatic rings. The van der Waals surface area contributed by atoms with E-state index in [1.165, 1.54) is 0 Å². The van der Waals surface area contributed by atoms with Crippen molar-refractivity contribution in [3.05, 3.63) is 86.5 Å². The van der Waals surface area contributed by atoms with Gasteiger partial charge in [0.2, 0.25) is 0 Å². The molecule has 0 amide bonds. The third-order valence-electron chi connectivity index (χ3n) is 3.34. The predicted molar refractivity (Wildman–Crippen MR) is 100 cm³/mol. The van der Waals surface area contributed by atoms with E-state index in [0.717, 1.165) is 14.2 Å². The molecule has 4 heteroatoms. The molecule has 3 rings (SSSR count). The lowest BCUT2D eigenvalue weighted by Crippen LogP contribution is -2.03. The molecule has 2 aromatic carbocycles. The van der Waals surface area contributed by atoms with Crippen molar-refractivity contribution in [3.8, 4) is 0 Å². The van der Waals surface area contributed by atoms with E-state index >= 15 is 0 Å². The van der Waals surface area contributed by atoms with Crippen LogP contribution in [0, 0.1) is 0 Å². The smallest absolute Gasteiger partial charge is 0.169 e. The summed E-state index contributed by atoms with van der Waals surface area (Å²) in [5, 5.41) is 0. The van der Waals surface area contributed by atoms with Gasteiger partial charge in [0.15, 0.2) is 5.78 Å². The topological polar surface area (TPSA) is 29.4 Å². The summed E-state index contributed by atoms with van der Waals surface area (Å²) in [5.41, 5.74) is 2.37. The molecule has 0 N–H and O–H groups in total. The minimum atomic E-state index is 0.0799. The van der Waals surface area contributed by atoms with Gasteiger partial charge in [-0.25, -0.2) is 0 Å². The van der Waals surface area contributed by atoms with Crippen molar-refractivity contribution in [1.82, 2.24) is 0 Å². The number of para-hydroxylation sites is 1. The van der Waals surface area contributed by atoms with Crippen LogP contribution in [-0.2, 0) is 6.42 Å². The number of thiophene rings is 1. The Labute approximate surface area is 147 Å². The zero-order valence-corrected chi connectivity index (χ0v) is 14.7. The Morgan fingerprint density at radius 3 is 2.48 bits per heavy atom. The minimum Gasteiger partial charge on any atom is -0.294 e. The third kappa shape index (κ3) is 4.24. The highest BCUT2D eigenvalue weighted by Gasteiger charge is 2.11. The first-order valence-corrected chi connectivity index (χ1v) is 8.79. The molecule has 114 valence electrons. The van der Waals surface area contributed by atoms with Crippen molar-refractivity contribution in [2.75, 3.05) is 0 Å². The summed E-state index contributed by atoms with van der Waals surface area (Å²) in [6.07, 6.45) is 2.18. The van der Waals surface area contributed by atoms with Crippen molar-refractivity contribution >= 4 is 45.0 Å². The Bertz CT molecular complexity index is 839. The molecule has 0 atom stereocenters. The largest absolute Gasteiger partial charge is 0.294 e. The number of Topliss-reactive ketones (excluding diaryl/α,β-unsaturated/α-hetero) is 1. The zero-order chi connectivity index (χ0) is 16.1. The highest BCUT2D eigenvalue weighted by molar-refractivity contribution is 9.11. The van der Waals surface area contributed by atoms with Crippen LogP contribution in [0.3, 0.4) is 0 Å². The molecule has 0 aliphatic carbocycles. The fraction of sp³-hybridized carbons (Fsp3) is 0.0526. The van der Waals surface area contributed by atoms with E-state index in [4.69, 9.17) is 0 Å². The first-order chi connectivity index (χ1) is 11.2. The first kappa shape index (κ1) is 15.8. The van der Waals surface area contributed by atoms with Gasteiger partial charge in [-0.1, -0.05) is 42.5 Å². The summed E-state index contributed by atoms with van der Waals surface area (Å²) in [4.78, 5) is 18.1. The fourth-order valence-corrected chi connectivity index (χ4v) is 3.52. The number of rotatable bonds is 5. The average Bonchev–Trinajstić information content (AvgIpc) is 2.99. The molecule has 3 aromatic rings. The van der Waals surface area contributed by atoms with Gasteiger partial charge >= 0.3 is 0 Å². The van der Waals surface area contributed by atoms with Crippen molar-refractivity contribution < 1.29 is 4.79 Å². The van der Waals surface area contributed by atoms with E-state index in [1.807, 2.05) is 66.7 Å². The Balaban J connectivity index is 1.82. The quantitative estimate of drug-likeness (QED) is 0.411. The summed E-state index contributed by atoms with van der Waals surface area (Å²) >= 11 is 5.04. The number of hydrogen-bond acceptors (Lipinski definition) is 3. The Morgan fingerprint density at radius 2 is 1.74 bits per heavy atom. The summed E-state index contributed by atoms with van der Waals surface area (Å²) < 4.78 is 1.06. The summed E-state index contributed by atoms with van der Waals surface area (Å²) in [6.45, 7) is 0. The second kappa shape index (κ2) is 7.49. The molecule has 0 spiro atoms. The summed E-state index contributed by atoms with van der Waals surface area (Å²) in [6, 6.07) is 21.2. The number of nitrogens with zero attached hydrogens (tertiary/aromatic N) is 1. The molecule has 0 radical (unpaired) electrons. The highest BCUT2D eigenvalue weighted by Crippen LogP contribution is 2.24. The molecule has 0 saturated carbocycles. The number of halogens is 1. The van der Waals surface area contributed by atoms with Crippen LogP contribution in [0.5, 0.6) is 0 Å². The number of hydrogen-bond donors (Lipinski definition) is 0. The van der Waals surface area contributed by atoms with Crippen LogP contribution in [0.4, 0.5) is 5.69 Å². The summed E-state index contributed by atoms with van der Waals surface area (Å²) in [5.74, 6) is 0.0799. The van der Waals surface area contributed by atoms with Gasteiger partial charge in [-0.05, 0) is 45.8 Å². The average molecular weight is 384 g/mol. The molecule has 2 nitrogen and oxygen atoms in total. The van der Waals surface area contributed by atoms with Gasteiger partial charge in [0.1, 0.15) is 0 Å². The molecule has 0 fully saturated rings. The lowest BCUT2D eigenvalue weighted by Gasteiger charge is -2.05. The Morgan fingerprint density at radius 1 is 1.00 bits per heavy atom. The van der Waals surface area contributed by atoms with Gasteiger partial charge in [-0.2, -0.15) is 0 Å². The zero-order valence-electron chi connectivity index (χ0n) is 12.3. The van der Waals surface area contributed by atoms with E-state index in [1.54, 1.807) is 17.6 Å². The van der Waals surface area contributed by atoms with Crippen molar-refractivity contribution in [1.29, 1.82) is 0 Å². The molecular formula is C19H14BrNOS. The van der Waals surface area contributed by atoms with Crippen LogP contribution in [0.25, 0.3) is 0 Å². The number of ketones is 1. The number of benzene rings is 2. The van der Waals surface area contributed by atoms with Crippen molar-refractivity contribution in [2.24, 2.45) is 4.99 Å². The fourth-order valence-electron chi connectivity index (χ4n) is 2.23. The van der Waals surface area contributed by atoms with Crippen LogP contribution in [0.2, 0.25) is 0 Å². The van der Waals surface area contributed by atoms with Gasteiger partial charge in [-0.3, -0.25) is 9.79 Å². The molecule has 0 unspecified atom stereocenters. The lowest BCUT2D eigenvalue weighted by molar-refractivity contribution is 0.0993. The van der Waals surface area contributed by atoms with Crippen LogP contribution >= 0.6 is 27.3 Å². The van der Waals surface area contributed by atoms with Crippen LogP contribution < -0.4 is 0 Å². The van der Waals surface area contributed by atoms with Gasteiger partial charge in [0, 0.05) is 23.1 Å². The molecule has 0 bridgehead atoms. The molecule has 1 aromatic heterocycles. The third-order valence-corrected chi connectivity index (χ3v) is 4.90. The first-order valence-electron chi connectivity index (χ1n) is 7.18. The number of carbonyl (C=O) groups excluding carboxylic acids is 1. The van der Waals surface area contributed by atoms with E-state index in [0.29, 0.717) is 17.7 Å². The predicted octanol–water partition coefficient (Wildman–Crippen LogP) is 5.69. The van der Waals surface area contributed by atoms with Crippen LogP contribution in [0.15, 0.2) is 75.5 Å². The molecule has 0 saturated heterocycles.